The van der Waals surface area contributed by atoms with Crippen molar-refractivity contribution in [2.75, 3.05) is 0 Å². The second-order valence-corrected chi connectivity index (χ2v) is 7.10. The van der Waals surface area contributed by atoms with Crippen LogP contribution in [-0.4, -0.2) is 0 Å². The largest absolute Gasteiger partial charge is 0.419 e. The van der Waals surface area contributed by atoms with E-state index in [1.165, 1.54) is 12.5 Å². The van der Waals surface area contributed by atoms with E-state index in [2.05, 4.69) is 6.92 Å². The molecule has 140 valence electrons. The van der Waals surface area contributed by atoms with Gasteiger partial charge in [0.25, 0.3) is 0 Å². The standard InChI is InChI=1S/C21H21F5/c1-2-3-13-4-5-14(10-13)15-6-8-17(19(22)11-15)16-7-9-18(20(23)12-16)21(24,25)26/h6-9,11-14H,2-5,10H2,1H3. The van der Waals surface area contributed by atoms with Crippen LogP contribution < -0.4 is 0 Å². The van der Waals surface area contributed by atoms with Crippen LogP contribution in [0.25, 0.3) is 11.1 Å². The van der Waals surface area contributed by atoms with Gasteiger partial charge in [0.05, 0.1) is 5.56 Å². The van der Waals surface area contributed by atoms with Gasteiger partial charge in [-0.3, -0.25) is 0 Å². The second-order valence-electron chi connectivity index (χ2n) is 7.10. The van der Waals surface area contributed by atoms with Crippen LogP contribution in [0.3, 0.4) is 0 Å². The molecule has 3 rings (SSSR count). The van der Waals surface area contributed by atoms with Gasteiger partial charge in [-0.1, -0.05) is 38.0 Å². The highest BCUT2D eigenvalue weighted by atomic mass is 19.4. The second kappa shape index (κ2) is 7.37. The van der Waals surface area contributed by atoms with E-state index in [-0.39, 0.29) is 11.1 Å². The minimum atomic E-state index is -4.76. The molecular formula is C21H21F5. The van der Waals surface area contributed by atoms with Crippen molar-refractivity contribution in [2.24, 2.45) is 5.92 Å². The highest BCUT2D eigenvalue weighted by Gasteiger charge is 2.34. The molecule has 0 saturated heterocycles. The molecule has 0 nitrogen and oxygen atoms in total. The summed E-state index contributed by atoms with van der Waals surface area (Å²) in [6.07, 6.45) is 0.778. The number of benzene rings is 2. The van der Waals surface area contributed by atoms with Gasteiger partial charge in [0, 0.05) is 5.56 Å². The monoisotopic (exact) mass is 368 g/mol. The first-order chi connectivity index (χ1) is 12.3. The first-order valence-electron chi connectivity index (χ1n) is 8.96. The van der Waals surface area contributed by atoms with Crippen LogP contribution in [0, 0.1) is 17.6 Å². The fraction of sp³-hybridized carbons (Fsp3) is 0.429. The van der Waals surface area contributed by atoms with Gasteiger partial charge in [0.2, 0.25) is 0 Å². The molecule has 0 spiro atoms. The summed E-state index contributed by atoms with van der Waals surface area (Å²) in [5, 5.41) is 0. The van der Waals surface area contributed by atoms with Crippen LogP contribution in [0.2, 0.25) is 0 Å². The van der Waals surface area contributed by atoms with Gasteiger partial charge in [-0.05, 0) is 60.4 Å². The van der Waals surface area contributed by atoms with Gasteiger partial charge in [-0.2, -0.15) is 13.2 Å². The van der Waals surface area contributed by atoms with Crippen molar-refractivity contribution in [3.63, 3.8) is 0 Å². The van der Waals surface area contributed by atoms with Gasteiger partial charge in [-0.25, -0.2) is 8.78 Å². The Morgan fingerprint density at radius 2 is 1.73 bits per heavy atom. The lowest BCUT2D eigenvalue weighted by Gasteiger charge is -2.14. The van der Waals surface area contributed by atoms with E-state index < -0.39 is 23.4 Å². The Labute approximate surface area is 150 Å². The molecule has 0 bridgehead atoms. The van der Waals surface area contributed by atoms with Gasteiger partial charge >= 0.3 is 6.18 Å². The molecule has 0 amide bonds. The summed E-state index contributed by atoms with van der Waals surface area (Å²) in [7, 11) is 0. The van der Waals surface area contributed by atoms with Gasteiger partial charge in [0.1, 0.15) is 11.6 Å². The first-order valence-corrected chi connectivity index (χ1v) is 8.96. The Kier molecular flexibility index (Phi) is 5.35. The van der Waals surface area contributed by atoms with Gasteiger partial charge < -0.3 is 0 Å². The van der Waals surface area contributed by atoms with Crippen molar-refractivity contribution in [1.82, 2.24) is 0 Å². The maximum atomic E-state index is 14.6. The molecule has 0 aromatic heterocycles. The third-order valence-electron chi connectivity index (χ3n) is 5.29. The molecule has 0 radical (unpaired) electrons. The molecular weight excluding hydrogens is 347 g/mol. The van der Waals surface area contributed by atoms with Crippen molar-refractivity contribution in [3.8, 4) is 11.1 Å². The predicted octanol–water partition coefficient (Wildman–Crippen LogP) is 7.33. The molecule has 1 fully saturated rings. The molecule has 2 aromatic rings. The van der Waals surface area contributed by atoms with Crippen molar-refractivity contribution < 1.29 is 22.0 Å². The first kappa shape index (κ1) is 18.9. The minimum Gasteiger partial charge on any atom is -0.206 e. The Morgan fingerprint density at radius 1 is 0.962 bits per heavy atom. The summed E-state index contributed by atoms with van der Waals surface area (Å²) >= 11 is 0. The molecule has 5 heteroatoms. The topological polar surface area (TPSA) is 0 Å². The van der Waals surface area contributed by atoms with Gasteiger partial charge in [0.15, 0.2) is 0 Å². The van der Waals surface area contributed by atoms with Crippen molar-refractivity contribution in [2.45, 2.75) is 51.1 Å². The molecule has 2 atom stereocenters. The summed E-state index contributed by atoms with van der Waals surface area (Å²) in [5.41, 5.74) is -0.206. The van der Waals surface area contributed by atoms with E-state index in [0.29, 0.717) is 17.9 Å². The zero-order valence-corrected chi connectivity index (χ0v) is 14.5. The van der Waals surface area contributed by atoms with Crippen molar-refractivity contribution in [1.29, 1.82) is 0 Å². The molecule has 0 heterocycles. The lowest BCUT2D eigenvalue weighted by Crippen LogP contribution is -2.08. The van der Waals surface area contributed by atoms with E-state index in [9.17, 15) is 22.0 Å². The molecule has 2 unspecified atom stereocenters. The van der Waals surface area contributed by atoms with Crippen molar-refractivity contribution in [3.05, 3.63) is 59.2 Å². The fourth-order valence-corrected chi connectivity index (χ4v) is 3.98. The normalized spacial score (nSPS) is 20.5. The Hall–Kier alpha value is -1.91. The molecule has 0 aliphatic heterocycles. The third kappa shape index (κ3) is 3.92. The molecule has 1 aliphatic carbocycles. The van der Waals surface area contributed by atoms with Crippen LogP contribution in [0.1, 0.15) is 56.1 Å². The van der Waals surface area contributed by atoms with Crippen LogP contribution in [0.4, 0.5) is 22.0 Å². The summed E-state index contributed by atoms with van der Waals surface area (Å²) in [6, 6.07) is 7.31. The van der Waals surface area contributed by atoms with E-state index >= 15 is 0 Å². The Bertz CT molecular complexity index is 778. The zero-order chi connectivity index (χ0) is 18.9. The number of hydrogen-bond acceptors (Lipinski definition) is 0. The maximum absolute atomic E-state index is 14.6. The minimum absolute atomic E-state index is 0.106. The van der Waals surface area contributed by atoms with Crippen molar-refractivity contribution >= 4 is 0 Å². The highest BCUT2D eigenvalue weighted by Crippen LogP contribution is 2.41. The van der Waals surface area contributed by atoms with E-state index in [4.69, 9.17) is 0 Å². The Morgan fingerprint density at radius 3 is 2.35 bits per heavy atom. The molecule has 1 aliphatic rings. The third-order valence-corrected chi connectivity index (χ3v) is 5.29. The average molecular weight is 368 g/mol. The molecule has 0 N–H and O–H groups in total. The van der Waals surface area contributed by atoms with E-state index in [1.807, 2.05) is 6.07 Å². The molecule has 26 heavy (non-hydrogen) atoms. The number of hydrogen-bond donors (Lipinski definition) is 0. The highest BCUT2D eigenvalue weighted by molar-refractivity contribution is 5.65. The number of rotatable bonds is 4. The number of halogens is 5. The summed E-state index contributed by atoms with van der Waals surface area (Å²) in [5.74, 6) is -0.923. The predicted molar refractivity (Wildman–Crippen MR) is 91.8 cm³/mol. The van der Waals surface area contributed by atoms with Crippen LogP contribution in [-0.2, 0) is 6.18 Å². The summed E-state index contributed by atoms with van der Waals surface area (Å²) in [4.78, 5) is 0. The van der Waals surface area contributed by atoms with E-state index in [1.54, 1.807) is 6.07 Å². The average Bonchev–Trinajstić information content (AvgIpc) is 3.02. The summed E-state index contributed by atoms with van der Waals surface area (Å²) in [6.45, 7) is 2.16. The van der Waals surface area contributed by atoms with Crippen LogP contribution in [0.15, 0.2) is 36.4 Å². The Balaban J connectivity index is 1.83. The maximum Gasteiger partial charge on any atom is 0.419 e. The van der Waals surface area contributed by atoms with E-state index in [0.717, 1.165) is 43.4 Å². The fourth-order valence-electron chi connectivity index (χ4n) is 3.98. The molecule has 2 aromatic carbocycles. The lowest BCUT2D eigenvalue weighted by atomic mass is 9.92. The lowest BCUT2D eigenvalue weighted by molar-refractivity contribution is -0.139. The SMILES string of the molecule is CCCC1CCC(c2ccc(-c3ccc(C(F)(F)F)c(F)c3)c(F)c2)C1. The van der Waals surface area contributed by atoms with Crippen LogP contribution in [0.5, 0.6) is 0 Å². The summed E-state index contributed by atoms with van der Waals surface area (Å²) < 4.78 is 66.3. The molecule has 1 saturated carbocycles. The van der Waals surface area contributed by atoms with Gasteiger partial charge in [-0.15, -0.1) is 0 Å². The zero-order valence-electron chi connectivity index (χ0n) is 14.5. The van der Waals surface area contributed by atoms with Crippen LogP contribution >= 0.6 is 0 Å². The quantitative estimate of drug-likeness (QED) is 0.496. The number of alkyl halides is 3. The smallest absolute Gasteiger partial charge is 0.206 e.